The summed E-state index contributed by atoms with van der Waals surface area (Å²) in [5, 5.41) is 2.76. The number of methoxy groups -OCH3 is 1. The van der Waals surface area contributed by atoms with E-state index in [9.17, 15) is 13.2 Å². The van der Waals surface area contributed by atoms with E-state index in [1.807, 2.05) is 24.3 Å². The minimum atomic E-state index is -3.61. The summed E-state index contributed by atoms with van der Waals surface area (Å²) in [6.45, 7) is 6.80. The Morgan fingerprint density at radius 3 is 2.35 bits per heavy atom. The van der Waals surface area contributed by atoms with Crippen molar-refractivity contribution in [3.8, 4) is 11.5 Å². The SMILES string of the molecule is COc1ccc(S(=O)(=O)N2CCCC2)cc1NC(=O)[C@@H](C)Oc1ccccc1C(C)C. The summed E-state index contributed by atoms with van der Waals surface area (Å²) >= 11 is 0. The number of carbonyl (C=O) groups is 1. The topological polar surface area (TPSA) is 84.9 Å². The molecule has 31 heavy (non-hydrogen) atoms. The number of benzene rings is 2. The fourth-order valence-electron chi connectivity index (χ4n) is 3.57. The van der Waals surface area contributed by atoms with Crippen LogP contribution in [0.1, 0.15) is 45.1 Å². The number of amides is 1. The average molecular weight is 447 g/mol. The first-order valence-electron chi connectivity index (χ1n) is 10.5. The second kappa shape index (κ2) is 9.70. The van der Waals surface area contributed by atoms with Crippen molar-refractivity contribution >= 4 is 21.6 Å². The summed E-state index contributed by atoms with van der Waals surface area (Å²) in [4.78, 5) is 13.0. The Labute approximate surface area is 184 Å². The maximum absolute atomic E-state index is 12.9. The van der Waals surface area contributed by atoms with Crippen LogP contribution in [0.3, 0.4) is 0 Å². The van der Waals surface area contributed by atoms with Gasteiger partial charge in [0.05, 0.1) is 17.7 Å². The molecule has 0 aromatic heterocycles. The summed E-state index contributed by atoms with van der Waals surface area (Å²) in [5.74, 6) is 0.882. The molecule has 1 aliphatic heterocycles. The standard InChI is InChI=1S/C23H30N2O5S/c1-16(2)19-9-5-6-10-21(19)30-17(3)23(26)24-20-15-18(11-12-22(20)29-4)31(27,28)25-13-7-8-14-25/h5-6,9-12,15-17H,7-8,13-14H2,1-4H3,(H,24,26)/t17-/m1/s1. The second-order valence-electron chi connectivity index (χ2n) is 7.92. The van der Waals surface area contributed by atoms with E-state index in [0.29, 0.717) is 30.3 Å². The fraction of sp³-hybridized carbons (Fsp3) is 0.435. The van der Waals surface area contributed by atoms with Gasteiger partial charge in [-0.25, -0.2) is 8.42 Å². The van der Waals surface area contributed by atoms with Crippen molar-refractivity contribution in [1.82, 2.24) is 4.31 Å². The molecule has 168 valence electrons. The molecule has 0 unspecified atom stereocenters. The van der Waals surface area contributed by atoms with Crippen LogP contribution in [-0.4, -0.2) is 44.9 Å². The van der Waals surface area contributed by atoms with Crippen molar-refractivity contribution in [2.75, 3.05) is 25.5 Å². The van der Waals surface area contributed by atoms with E-state index < -0.39 is 22.0 Å². The van der Waals surface area contributed by atoms with E-state index in [1.54, 1.807) is 13.0 Å². The third kappa shape index (κ3) is 5.19. The monoisotopic (exact) mass is 446 g/mol. The van der Waals surface area contributed by atoms with Gasteiger partial charge < -0.3 is 14.8 Å². The molecule has 0 aliphatic carbocycles. The van der Waals surface area contributed by atoms with E-state index in [-0.39, 0.29) is 10.8 Å². The first-order valence-corrected chi connectivity index (χ1v) is 11.9. The van der Waals surface area contributed by atoms with Crippen molar-refractivity contribution in [2.24, 2.45) is 0 Å². The lowest BCUT2D eigenvalue weighted by atomic mass is 10.0. The van der Waals surface area contributed by atoms with E-state index in [4.69, 9.17) is 9.47 Å². The van der Waals surface area contributed by atoms with Gasteiger partial charge in [-0.15, -0.1) is 0 Å². The highest BCUT2D eigenvalue weighted by molar-refractivity contribution is 7.89. The number of carbonyl (C=O) groups excluding carboxylic acids is 1. The fourth-order valence-corrected chi connectivity index (χ4v) is 5.11. The van der Waals surface area contributed by atoms with Gasteiger partial charge in [-0.1, -0.05) is 32.0 Å². The number of rotatable bonds is 8. The van der Waals surface area contributed by atoms with Gasteiger partial charge in [0.1, 0.15) is 11.5 Å². The zero-order valence-electron chi connectivity index (χ0n) is 18.4. The van der Waals surface area contributed by atoms with E-state index in [0.717, 1.165) is 18.4 Å². The Hall–Kier alpha value is -2.58. The highest BCUT2D eigenvalue weighted by Gasteiger charge is 2.28. The Morgan fingerprint density at radius 2 is 1.71 bits per heavy atom. The van der Waals surface area contributed by atoms with Crippen LogP contribution in [0.15, 0.2) is 47.4 Å². The molecule has 8 heteroatoms. The lowest BCUT2D eigenvalue weighted by Gasteiger charge is -2.20. The van der Waals surface area contributed by atoms with Gasteiger partial charge in [0.25, 0.3) is 5.91 Å². The predicted molar refractivity (Wildman–Crippen MR) is 120 cm³/mol. The molecule has 0 spiro atoms. The van der Waals surface area contributed by atoms with Crippen molar-refractivity contribution in [1.29, 1.82) is 0 Å². The molecule has 1 atom stereocenters. The van der Waals surface area contributed by atoms with Crippen LogP contribution < -0.4 is 14.8 Å². The maximum Gasteiger partial charge on any atom is 0.265 e. The van der Waals surface area contributed by atoms with Crippen LogP contribution in [-0.2, 0) is 14.8 Å². The summed E-state index contributed by atoms with van der Waals surface area (Å²) in [6.07, 6.45) is 0.917. The summed E-state index contributed by atoms with van der Waals surface area (Å²) in [5.41, 5.74) is 1.30. The molecular weight excluding hydrogens is 416 g/mol. The zero-order valence-corrected chi connectivity index (χ0v) is 19.2. The third-order valence-electron chi connectivity index (χ3n) is 5.35. The molecule has 0 saturated carbocycles. The lowest BCUT2D eigenvalue weighted by Crippen LogP contribution is -2.31. The van der Waals surface area contributed by atoms with Crippen molar-refractivity contribution in [2.45, 2.75) is 50.5 Å². The van der Waals surface area contributed by atoms with Gasteiger partial charge in [-0.3, -0.25) is 4.79 Å². The minimum absolute atomic E-state index is 0.129. The molecule has 1 saturated heterocycles. The molecule has 1 N–H and O–H groups in total. The van der Waals surface area contributed by atoms with Crippen molar-refractivity contribution in [3.05, 3.63) is 48.0 Å². The van der Waals surface area contributed by atoms with E-state index in [2.05, 4.69) is 19.2 Å². The smallest absolute Gasteiger partial charge is 0.265 e. The molecule has 3 rings (SSSR count). The van der Waals surface area contributed by atoms with Crippen LogP contribution >= 0.6 is 0 Å². The lowest BCUT2D eigenvalue weighted by molar-refractivity contribution is -0.122. The first kappa shape index (κ1) is 23.1. The number of sulfonamides is 1. The molecule has 7 nitrogen and oxygen atoms in total. The van der Waals surface area contributed by atoms with Gasteiger partial charge in [0.15, 0.2) is 6.10 Å². The van der Waals surface area contributed by atoms with E-state index in [1.165, 1.54) is 23.5 Å². The zero-order chi connectivity index (χ0) is 22.6. The molecule has 0 radical (unpaired) electrons. The normalized spacial score (nSPS) is 15.6. The van der Waals surface area contributed by atoms with Crippen LogP contribution in [0.5, 0.6) is 11.5 Å². The van der Waals surface area contributed by atoms with Gasteiger partial charge in [-0.2, -0.15) is 4.31 Å². The van der Waals surface area contributed by atoms with Crippen molar-refractivity contribution < 1.29 is 22.7 Å². The Bertz CT molecular complexity index is 1030. The molecule has 2 aromatic rings. The highest BCUT2D eigenvalue weighted by Crippen LogP contribution is 2.31. The van der Waals surface area contributed by atoms with Crippen molar-refractivity contribution in [3.63, 3.8) is 0 Å². The molecule has 1 amide bonds. The van der Waals surface area contributed by atoms with Gasteiger partial charge >= 0.3 is 0 Å². The summed E-state index contributed by atoms with van der Waals surface area (Å²) in [6, 6.07) is 12.1. The number of anilines is 1. The summed E-state index contributed by atoms with van der Waals surface area (Å²) in [7, 11) is -2.14. The number of ether oxygens (including phenoxy) is 2. The first-order chi connectivity index (χ1) is 14.7. The van der Waals surface area contributed by atoms with Gasteiger partial charge in [-0.05, 0) is 55.5 Å². The molecule has 1 heterocycles. The minimum Gasteiger partial charge on any atom is -0.495 e. The Morgan fingerprint density at radius 1 is 1.03 bits per heavy atom. The molecule has 1 aliphatic rings. The van der Waals surface area contributed by atoms with Crippen LogP contribution in [0, 0.1) is 0 Å². The Balaban J connectivity index is 1.80. The van der Waals surface area contributed by atoms with Crippen LogP contribution in [0.25, 0.3) is 0 Å². The number of hydrogen-bond acceptors (Lipinski definition) is 5. The van der Waals surface area contributed by atoms with Crippen LogP contribution in [0.4, 0.5) is 5.69 Å². The van der Waals surface area contributed by atoms with E-state index >= 15 is 0 Å². The highest BCUT2D eigenvalue weighted by atomic mass is 32.2. The van der Waals surface area contributed by atoms with Gasteiger partial charge in [0.2, 0.25) is 10.0 Å². The Kier molecular flexibility index (Phi) is 7.23. The largest absolute Gasteiger partial charge is 0.495 e. The molecular formula is C23H30N2O5S. The summed E-state index contributed by atoms with van der Waals surface area (Å²) < 4.78 is 38.5. The third-order valence-corrected chi connectivity index (χ3v) is 7.24. The van der Waals surface area contributed by atoms with Crippen LogP contribution in [0.2, 0.25) is 0 Å². The molecule has 0 bridgehead atoms. The van der Waals surface area contributed by atoms with Gasteiger partial charge in [0, 0.05) is 13.1 Å². The maximum atomic E-state index is 12.9. The quantitative estimate of drug-likeness (QED) is 0.662. The predicted octanol–water partition coefficient (Wildman–Crippen LogP) is 4.01. The number of nitrogens with zero attached hydrogens (tertiary/aromatic N) is 1. The molecule has 2 aromatic carbocycles. The average Bonchev–Trinajstić information content (AvgIpc) is 3.29. The molecule has 1 fully saturated rings. The number of hydrogen-bond donors (Lipinski definition) is 1. The number of nitrogens with one attached hydrogen (secondary N) is 1. The second-order valence-corrected chi connectivity index (χ2v) is 9.85. The number of para-hydroxylation sites is 1.